The van der Waals surface area contributed by atoms with Crippen molar-refractivity contribution in [2.45, 2.75) is 33.1 Å². The fraction of sp³-hybridized carbons (Fsp3) is 0.636. The molecule has 0 N–H and O–H groups in total. The molecule has 0 unspecified atom stereocenters. The van der Waals surface area contributed by atoms with Crippen LogP contribution in [0, 0.1) is 0 Å². The first-order valence-electron chi connectivity index (χ1n) is 5.43. The number of ether oxygens (including phenoxy) is 2. The molecule has 0 fully saturated rings. The van der Waals surface area contributed by atoms with Gasteiger partial charge in [-0.2, -0.15) is 0 Å². The lowest BCUT2D eigenvalue weighted by Gasteiger charge is -2.06. The van der Waals surface area contributed by atoms with Gasteiger partial charge < -0.3 is 13.9 Å². The molecule has 90 valence electrons. The lowest BCUT2D eigenvalue weighted by Crippen LogP contribution is -2.13. The number of nitrogens with zero attached hydrogens (tertiary/aromatic N) is 1. The Labute approximate surface area is 94.4 Å². The highest BCUT2D eigenvalue weighted by Crippen LogP contribution is 2.17. The molecule has 0 aliphatic rings. The maximum Gasteiger partial charge on any atom is 0.399 e. The summed E-state index contributed by atoms with van der Waals surface area (Å²) in [5, 5.41) is 0. The predicted octanol–water partition coefficient (Wildman–Crippen LogP) is 1.78. The van der Waals surface area contributed by atoms with Crippen LogP contribution in [0.3, 0.4) is 0 Å². The number of hydrogen-bond donors (Lipinski definition) is 0. The number of rotatable bonds is 6. The molecule has 0 bridgehead atoms. The Balaban J connectivity index is 3.03. The number of methoxy groups -OCH3 is 1. The Morgan fingerprint density at radius 1 is 1.38 bits per heavy atom. The van der Waals surface area contributed by atoms with Crippen molar-refractivity contribution in [3.05, 3.63) is 16.0 Å². The van der Waals surface area contributed by atoms with E-state index in [2.05, 4.69) is 11.9 Å². The molecule has 5 nitrogen and oxygen atoms in total. The first-order valence-corrected chi connectivity index (χ1v) is 5.43. The van der Waals surface area contributed by atoms with Gasteiger partial charge in [-0.15, -0.1) is 4.98 Å². The van der Waals surface area contributed by atoms with Crippen molar-refractivity contribution < 1.29 is 13.9 Å². The molecule has 1 heterocycles. The fourth-order valence-corrected chi connectivity index (χ4v) is 1.32. The summed E-state index contributed by atoms with van der Waals surface area (Å²) in [6.07, 6.45) is 2.47. The van der Waals surface area contributed by atoms with Gasteiger partial charge in [0, 0.05) is 0 Å². The topological polar surface area (TPSA) is 61.6 Å². The normalized spacial score (nSPS) is 10.2. The van der Waals surface area contributed by atoms with Crippen LogP contribution in [-0.2, 0) is 6.42 Å². The molecule has 16 heavy (non-hydrogen) atoms. The summed E-state index contributed by atoms with van der Waals surface area (Å²) in [5.74, 6) is 0.299. The van der Waals surface area contributed by atoms with Crippen LogP contribution in [-0.4, -0.2) is 18.7 Å². The fourth-order valence-electron chi connectivity index (χ4n) is 1.32. The van der Waals surface area contributed by atoms with Crippen LogP contribution in [0.5, 0.6) is 12.0 Å². The van der Waals surface area contributed by atoms with E-state index in [-0.39, 0.29) is 6.08 Å². The summed E-state index contributed by atoms with van der Waals surface area (Å²) >= 11 is 0. The van der Waals surface area contributed by atoms with E-state index in [9.17, 15) is 4.79 Å². The minimum atomic E-state index is -0.427. The molecule has 0 aliphatic heterocycles. The molecule has 0 saturated heterocycles. The van der Waals surface area contributed by atoms with Crippen molar-refractivity contribution in [3.8, 4) is 12.0 Å². The minimum Gasteiger partial charge on any atom is -0.480 e. The predicted molar refractivity (Wildman–Crippen MR) is 59.1 cm³/mol. The van der Waals surface area contributed by atoms with Crippen molar-refractivity contribution in [2.75, 3.05) is 13.7 Å². The van der Waals surface area contributed by atoms with E-state index in [1.165, 1.54) is 7.11 Å². The monoisotopic (exact) mass is 227 g/mol. The van der Waals surface area contributed by atoms with E-state index in [1.54, 1.807) is 6.92 Å². The first kappa shape index (κ1) is 12.5. The van der Waals surface area contributed by atoms with Crippen LogP contribution in [0.4, 0.5) is 0 Å². The maximum absolute atomic E-state index is 11.6. The number of unbranched alkanes of at least 4 members (excludes halogenated alkanes) is 1. The third-order valence-electron chi connectivity index (χ3n) is 2.12. The second-order valence-corrected chi connectivity index (χ2v) is 3.29. The van der Waals surface area contributed by atoms with E-state index in [0.717, 1.165) is 12.8 Å². The first-order chi connectivity index (χ1) is 7.72. The van der Waals surface area contributed by atoms with Crippen molar-refractivity contribution in [1.82, 2.24) is 4.98 Å². The highest BCUT2D eigenvalue weighted by molar-refractivity contribution is 5.23. The van der Waals surface area contributed by atoms with E-state index >= 15 is 0 Å². The highest BCUT2D eigenvalue weighted by Gasteiger charge is 2.14. The van der Waals surface area contributed by atoms with Gasteiger partial charge in [0.1, 0.15) is 0 Å². The Morgan fingerprint density at radius 3 is 2.69 bits per heavy atom. The van der Waals surface area contributed by atoms with Gasteiger partial charge in [0.15, 0.2) is 0 Å². The van der Waals surface area contributed by atoms with Crippen molar-refractivity contribution >= 4 is 0 Å². The molecule has 0 amide bonds. The number of aromatic nitrogens is 1. The van der Waals surface area contributed by atoms with Gasteiger partial charge in [0.2, 0.25) is 5.88 Å². The highest BCUT2D eigenvalue weighted by atomic mass is 16.6. The summed E-state index contributed by atoms with van der Waals surface area (Å²) < 4.78 is 15.0. The Morgan fingerprint density at radius 2 is 2.12 bits per heavy atom. The average Bonchev–Trinajstić information content (AvgIpc) is 2.27. The minimum absolute atomic E-state index is 0.0374. The third kappa shape index (κ3) is 2.98. The van der Waals surface area contributed by atoms with Crippen molar-refractivity contribution in [1.29, 1.82) is 0 Å². The average molecular weight is 227 g/mol. The Hall–Kier alpha value is -1.52. The van der Waals surface area contributed by atoms with E-state index < -0.39 is 5.63 Å². The van der Waals surface area contributed by atoms with Gasteiger partial charge in [0.05, 0.1) is 19.3 Å². The van der Waals surface area contributed by atoms with Gasteiger partial charge in [0.25, 0.3) is 0 Å². The maximum atomic E-state index is 11.6. The zero-order chi connectivity index (χ0) is 12.0. The van der Waals surface area contributed by atoms with Crippen LogP contribution >= 0.6 is 0 Å². The largest absolute Gasteiger partial charge is 0.480 e. The van der Waals surface area contributed by atoms with Crippen LogP contribution in [0.1, 0.15) is 32.3 Å². The quantitative estimate of drug-likeness (QED) is 0.741. The lowest BCUT2D eigenvalue weighted by molar-refractivity contribution is 0.216. The van der Waals surface area contributed by atoms with Crippen LogP contribution in [0.15, 0.2) is 9.21 Å². The molecule has 0 spiro atoms. The zero-order valence-electron chi connectivity index (χ0n) is 9.91. The van der Waals surface area contributed by atoms with Gasteiger partial charge in [-0.05, 0) is 19.8 Å². The van der Waals surface area contributed by atoms with Crippen LogP contribution in [0.25, 0.3) is 0 Å². The van der Waals surface area contributed by atoms with Crippen molar-refractivity contribution in [2.24, 2.45) is 0 Å². The standard InChI is InChI=1S/C11H17NO4/c1-4-6-7-8-9(14-3)12-11(15-5-2)16-10(8)13/h4-7H2,1-3H3. The van der Waals surface area contributed by atoms with E-state index in [1.807, 2.05) is 0 Å². The van der Waals surface area contributed by atoms with Gasteiger partial charge >= 0.3 is 11.7 Å². The Bertz CT molecular complexity index is 386. The summed E-state index contributed by atoms with van der Waals surface area (Å²) in [6.45, 7) is 4.24. The molecule has 5 heteroatoms. The molecule has 0 saturated carbocycles. The van der Waals surface area contributed by atoms with Gasteiger partial charge in [-0.1, -0.05) is 13.3 Å². The number of hydrogen-bond acceptors (Lipinski definition) is 5. The summed E-state index contributed by atoms with van der Waals surface area (Å²) in [4.78, 5) is 15.6. The second kappa shape index (κ2) is 6.15. The molecular weight excluding hydrogens is 210 g/mol. The van der Waals surface area contributed by atoms with Gasteiger partial charge in [-0.25, -0.2) is 4.79 Å². The van der Waals surface area contributed by atoms with E-state index in [4.69, 9.17) is 13.9 Å². The molecule has 0 radical (unpaired) electrons. The SMILES string of the molecule is CCCCc1c(OC)nc(OCC)oc1=O. The molecule has 1 aromatic rings. The summed E-state index contributed by atoms with van der Waals surface area (Å²) in [5.41, 5.74) is 0.0524. The van der Waals surface area contributed by atoms with Crippen molar-refractivity contribution in [3.63, 3.8) is 0 Å². The third-order valence-corrected chi connectivity index (χ3v) is 2.12. The van der Waals surface area contributed by atoms with Crippen LogP contribution < -0.4 is 15.1 Å². The second-order valence-electron chi connectivity index (χ2n) is 3.29. The molecule has 0 atom stereocenters. The molecule has 0 aromatic carbocycles. The molecule has 1 rings (SSSR count). The Kier molecular flexibility index (Phi) is 4.82. The lowest BCUT2D eigenvalue weighted by atomic mass is 10.1. The smallest absolute Gasteiger partial charge is 0.399 e. The molecular formula is C11H17NO4. The van der Waals surface area contributed by atoms with E-state index in [0.29, 0.717) is 24.5 Å². The molecule has 1 aromatic heterocycles. The van der Waals surface area contributed by atoms with Crippen LogP contribution in [0.2, 0.25) is 0 Å². The zero-order valence-corrected chi connectivity index (χ0v) is 9.91. The molecule has 0 aliphatic carbocycles. The summed E-state index contributed by atoms with van der Waals surface area (Å²) in [6, 6.07) is 0. The summed E-state index contributed by atoms with van der Waals surface area (Å²) in [7, 11) is 1.48. The van der Waals surface area contributed by atoms with Gasteiger partial charge in [-0.3, -0.25) is 0 Å².